The molecule has 0 bridgehead atoms. The molecule has 0 aromatic carbocycles. The van der Waals surface area contributed by atoms with Crippen LogP contribution in [0, 0.1) is 0 Å². The van der Waals surface area contributed by atoms with Crippen LogP contribution in [0.3, 0.4) is 0 Å². The molecule has 4 rings (SSSR count). The van der Waals surface area contributed by atoms with Crippen LogP contribution in [0.2, 0.25) is 72.5 Å². The molecular weight excluding hydrogens is 926 g/mol. The van der Waals surface area contributed by atoms with Crippen LogP contribution in [0.1, 0.15) is 95.5 Å². The summed E-state index contributed by atoms with van der Waals surface area (Å²) < 4.78 is 64.3. The van der Waals surface area contributed by atoms with Crippen LogP contribution in [0.25, 0.3) is 0 Å². The molecule has 0 spiro atoms. The summed E-state index contributed by atoms with van der Waals surface area (Å²) in [5.41, 5.74) is -2.64. The second kappa shape index (κ2) is 19.1. The van der Waals surface area contributed by atoms with Gasteiger partial charge in [0.2, 0.25) is 0 Å². The van der Waals surface area contributed by atoms with Gasteiger partial charge in [-0.15, -0.1) is 0 Å². The number of ether oxygens (including phenoxy) is 2. The Kier molecular flexibility index (Phi) is 16.4. The fourth-order valence-electron chi connectivity index (χ4n) is 6.43. The molecule has 2 aliphatic rings. The van der Waals surface area contributed by atoms with E-state index >= 15 is 0 Å². The number of nitrogens with zero attached hydrogens (tertiary/aromatic N) is 2. The molecule has 2 aromatic heterocycles. The largest absolute Gasteiger partial charge is 0.414 e. The average Bonchev–Trinajstić information content (AvgIpc) is 3.59. The molecule has 0 saturated carbocycles. The van der Waals surface area contributed by atoms with Crippen LogP contribution in [-0.2, 0) is 36.3 Å². The summed E-state index contributed by atoms with van der Waals surface area (Å²) >= 11 is 0. The zero-order valence-corrected chi connectivity index (χ0v) is 47.4. The number of aromatic amines is 2. The van der Waals surface area contributed by atoms with Crippen LogP contribution in [0.15, 0.2) is 43.7 Å². The van der Waals surface area contributed by atoms with Gasteiger partial charge in [0.05, 0.1) is 19.3 Å². The molecular formula is C42H80N5O13PSi4. The van der Waals surface area contributed by atoms with Crippen molar-refractivity contribution in [2.75, 3.05) is 13.2 Å². The molecule has 0 amide bonds. The van der Waals surface area contributed by atoms with Gasteiger partial charge in [-0.05, 0) is 72.5 Å². The third-order valence-electron chi connectivity index (χ3n) is 14.7. The number of nitrogens with one attached hydrogen (secondary N) is 3. The molecule has 4 N–H and O–H groups in total. The van der Waals surface area contributed by atoms with E-state index in [1.165, 1.54) is 33.7 Å². The monoisotopic (exact) mass is 1010 g/mol. The van der Waals surface area contributed by atoms with Crippen molar-refractivity contribution in [3.05, 3.63) is 66.2 Å². The minimum Gasteiger partial charge on any atom is -0.414 e. The summed E-state index contributed by atoms with van der Waals surface area (Å²) in [4.78, 5) is 67.8. The highest BCUT2D eigenvalue weighted by molar-refractivity contribution is 7.50. The van der Waals surface area contributed by atoms with Gasteiger partial charge in [-0.25, -0.2) is 19.2 Å². The first-order valence-electron chi connectivity index (χ1n) is 22.5. The highest BCUT2D eigenvalue weighted by atomic mass is 31.2. The molecule has 0 aliphatic carbocycles. The van der Waals surface area contributed by atoms with Crippen LogP contribution in [-0.4, -0.2) is 107 Å². The van der Waals surface area contributed by atoms with Crippen molar-refractivity contribution < 1.29 is 41.2 Å². The van der Waals surface area contributed by atoms with Crippen molar-refractivity contribution in [3.8, 4) is 0 Å². The lowest BCUT2D eigenvalue weighted by Crippen LogP contribution is -2.54. The predicted octanol–water partition coefficient (Wildman–Crippen LogP) is 7.15. The van der Waals surface area contributed by atoms with Crippen LogP contribution in [0.4, 0.5) is 0 Å². The summed E-state index contributed by atoms with van der Waals surface area (Å²) in [5.74, 6) is 0. The SMILES string of the molecule is CC(C)(C)[Si](C)(C)OC[C@H]1O[C@@H](n2ccc(=O)[nH]c2=O)[C@H](O[Si](C)(C)C(C)(C)C)[C@@H]1NP(=O)(O)OC[C@H]1O[C@@H](n2ccc(=O)[nH]c2=O)[C@H](O[Si](C)(C)C(C)(C)C)[C@@H]1O[Si](C)(C)C(C)(C)C. The Hall–Kier alpha value is -1.90. The maximum absolute atomic E-state index is 14.7. The van der Waals surface area contributed by atoms with Crippen LogP contribution >= 0.6 is 7.75 Å². The van der Waals surface area contributed by atoms with E-state index in [1.54, 1.807) is 0 Å². The Morgan fingerprint density at radius 3 is 1.37 bits per heavy atom. The molecule has 0 radical (unpaired) electrons. The Labute approximate surface area is 389 Å². The molecule has 9 atom stereocenters. The van der Waals surface area contributed by atoms with Gasteiger partial charge in [-0.2, -0.15) is 0 Å². The lowest BCUT2D eigenvalue weighted by atomic mass is 10.1. The smallest absolute Gasteiger partial charge is 0.403 e. The van der Waals surface area contributed by atoms with Gasteiger partial charge in [-0.1, -0.05) is 83.1 Å². The topological polar surface area (TPSA) is 224 Å². The number of H-pyrrole nitrogens is 2. The van der Waals surface area contributed by atoms with Crippen molar-refractivity contribution in [2.45, 2.75) is 205 Å². The van der Waals surface area contributed by atoms with Gasteiger partial charge in [0.1, 0.15) is 30.5 Å². The van der Waals surface area contributed by atoms with Crippen molar-refractivity contribution in [1.82, 2.24) is 24.2 Å². The van der Waals surface area contributed by atoms with Crippen LogP contribution in [0.5, 0.6) is 0 Å². The van der Waals surface area contributed by atoms with Crippen molar-refractivity contribution in [1.29, 1.82) is 0 Å². The maximum atomic E-state index is 14.7. The summed E-state index contributed by atoms with van der Waals surface area (Å²) in [5, 5.41) is 1.79. The van der Waals surface area contributed by atoms with E-state index in [-0.39, 0.29) is 26.8 Å². The summed E-state index contributed by atoms with van der Waals surface area (Å²) in [6.07, 6.45) is -4.41. The number of aromatic nitrogens is 4. The van der Waals surface area contributed by atoms with E-state index in [1.807, 2.05) is 13.1 Å². The summed E-state index contributed by atoms with van der Waals surface area (Å²) in [7, 11) is -15.3. The van der Waals surface area contributed by atoms with Gasteiger partial charge in [0.15, 0.2) is 45.7 Å². The van der Waals surface area contributed by atoms with E-state index in [0.717, 1.165) is 0 Å². The van der Waals surface area contributed by atoms with E-state index in [4.69, 9.17) is 31.7 Å². The Bertz CT molecular complexity index is 2270. The van der Waals surface area contributed by atoms with Gasteiger partial charge >= 0.3 is 19.1 Å². The molecule has 65 heavy (non-hydrogen) atoms. The third kappa shape index (κ3) is 12.9. The molecule has 23 heteroatoms. The maximum Gasteiger partial charge on any atom is 0.403 e. The first kappa shape index (κ1) is 55.7. The summed E-state index contributed by atoms with van der Waals surface area (Å²) in [6.45, 7) is 41.0. The van der Waals surface area contributed by atoms with E-state index < -0.39 is 119 Å². The Morgan fingerprint density at radius 2 is 0.969 bits per heavy atom. The number of hydrogen-bond acceptors (Lipinski definition) is 12. The second-order valence-corrected chi connectivity index (χ2v) is 44.4. The minimum atomic E-state index is -4.87. The second-order valence-electron chi connectivity index (χ2n) is 23.7. The minimum absolute atomic E-state index is 0.0175. The molecule has 2 fully saturated rings. The molecule has 1 unspecified atom stereocenters. The van der Waals surface area contributed by atoms with Crippen molar-refractivity contribution >= 4 is 41.0 Å². The van der Waals surface area contributed by atoms with Gasteiger partial charge < -0.3 is 32.1 Å². The first-order chi connectivity index (χ1) is 29.1. The highest BCUT2D eigenvalue weighted by Gasteiger charge is 2.57. The van der Waals surface area contributed by atoms with Gasteiger partial charge in [-0.3, -0.25) is 33.2 Å². The number of hydrogen-bond donors (Lipinski definition) is 4. The van der Waals surface area contributed by atoms with E-state index in [2.05, 4.69) is 137 Å². The number of rotatable bonds is 16. The third-order valence-corrected chi connectivity index (χ3v) is 33.8. The molecule has 2 aromatic rings. The molecule has 2 aliphatic heterocycles. The van der Waals surface area contributed by atoms with Gasteiger partial charge in [0, 0.05) is 24.5 Å². The average molecular weight is 1010 g/mol. The quantitative estimate of drug-likeness (QED) is 0.0969. The Balaban J connectivity index is 1.82. The van der Waals surface area contributed by atoms with Gasteiger partial charge in [0.25, 0.3) is 11.1 Å². The predicted molar refractivity (Wildman–Crippen MR) is 263 cm³/mol. The van der Waals surface area contributed by atoms with Crippen molar-refractivity contribution in [2.24, 2.45) is 0 Å². The van der Waals surface area contributed by atoms with Crippen molar-refractivity contribution in [3.63, 3.8) is 0 Å². The standard InChI is InChI=1S/C42H80N5O13PSi4/c1-39(2,3)62(13,14)55-26-27-31(33(59-64(17,18)41(7,8)9)35(56-27)46-23-21-29(48)43-37(46)50)45-61(52,53)54-25-28-32(58-63(15,16)40(4,5)6)34(60-65(19,20)42(10,11)12)36(57-28)47-24-22-30(49)44-38(47)51/h21-24,27-28,31-36H,25-26H2,1-20H3,(H,43,48,50)(H,44,49,51)(H2,45,52,53)/t27-,28-,31-,32-,33-,34-,35-,36-/m1/s1. The fraction of sp³-hybridized carbons (Fsp3) is 0.810. The Morgan fingerprint density at radius 1 is 0.600 bits per heavy atom. The molecule has 4 heterocycles. The first-order valence-corrected chi connectivity index (χ1v) is 35.7. The lowest BCUT2D eigenvalue weighted by Gasteiger charge is -2.44. The lowest BCUT2D eigenvalue weighted by molar-refractivity contribution is -0.0511. The highest BCUT2D eigenvalue weighted by Crippen LogP contribution is 2.49. The van der Waals surface area contributed by atoms with Crippen LogP contribution < -0.4 is 27.6 Å². The fourth-order valence-corrected chi connectivity index (χ4v) is 12.5. The zero-order chi connectivity index (χ0) is 49.9. The molecule has 372 valence electrons. The van der Waals surface area contributed by atoms with E-state index in [0.29, 0.717) is 0 Å². The molecule has 18 nitrogen and oxygen atoms in total. The normalized spacial score (nSPS) is 26.4. The zero-order valence-electron chi connectivity index (χ0n) is 42.5. The molecule has 2 saturated heterocycles. The van der Waals surface area contributed by atoms with E-state index in [9.17, 15) is 28.6 Å². The summed E-state index contributed by atoms with van der Waals surface area (Å²) in [6, 6.07) is 1.34.